The summed E-state index contributed by atoms with van der Waals surface area (Å²) in [5.74, 6) is -0.341. The number of likely N-dealkylation sites (tertiary alicyclic amines) is 1. The van der Waals surface area contributed by atoms with Gasteiger partial charge in [-0.3, -0.25) is 4.79 Å². The van der Waals surface area contributed by atoms with E-state index in [4.69, 9.17) is 0 Å². The fourth-order valence-electron chi connectivity index (χ4n) is 4.38. The Morgan fingerprint density at radius 3 is 2.81 bits per heavy atom. The number of hydrogen-bond acceptors (Lipinski definition) is 3. The van der Waals surface area contributed by atoms with Crippen molar-refractivity contribution in [2.24, 2.45) is 5.92 Å². The van der Waals surface area contributed by atoms with Crippen LogP contribution in [0.1, 0.15) is 65.2 Å². The summed E-state index contributed by atoms with van der Waals surface area (Å²) in [6.45, 7) is 7.45. The lowest BCUT2D eigenvalue weighted by atomic mass is 9.84. The minimum Gasteiger partial charge on any atom is -0.480 e. The van der Waals surface area contributed by atoms with Crippen molar-refractivity contribution in [2.75, 3.05) is 19.6 Å². The van der Waals surface area contributed by atoms with Gasteiger partial charge in [-0.2, -0.15) is 0 Å². The van der Waals surface area contributed by atoms with Crippen LogP contribution < -0.4 is 5.32 Å². The van der Waals surface area contributed by atoms with E-state index in [0.717, 1.165) is 51.2 Å². The molecule has 2 N–H and O–H groups in total. The van der Waals surface area contributed by atoms with Gasteiger partial charge in [0.05, 0.1) is 0 Å². The lowest BCUT2D eigenvalue weighted by molar-refractivity contribution is -0.146. The van der Waals surface area contributed by atoms with Gasteiger partial charge in [0.2, 0.25) is 0 Å². The van der Waals surface area contributed by atoms with Gasteiger partial charge in [-0.05, 0) is 70.5 Å². The Morgan fingerprint density at radius 1 is 1.33 bits per heavy atom. The third-order valence-electron chi connectivity index (χ3n) is 5.63. The van der Waals surface area contributed by atoms with E-state index >= 15 is 0 Å². The summed E-state index contributed by atoms with van der Waals surface area (Å²) in [6, 6.07) is 0.731. The standard InChI is InChI=1S/C17H32N2O2/c1-3-11-18-17(16(20)21)10-5-7-14(17)9-13-19-12-6-8-15(19)4-2/h14-15,18H,3-13H2,1-2H3,(H,20,21). The topological polar surface area (TPSA) is 52.6 Å². The highest BCUT2D eigenvalue weighted by atomic mass is 16.4. The average Bonchev–Trinajstić information content (AvgIpc) is 3.09. The Morgan fingerprint density at radius 2 is 2.14 bits per heavy atom. The molecule has 21 heavy (non-hydrogen) atoms. The zero-order chi connectivity index (χ0) is 15.3. The van der Waals surface area contributed by atoms with Crippen LogP contribution in [0.2, 0.25) is 0 Å². The first-order valence-corrected chi connectivity index (χ1v) is 8.86. The number of carbonyl (C=O) groups is 1. The quantitative estimate of drug-likeness (QED) is 0.723. The molecule has 0 aromatic heterocycles. The molecule has 4 heteroatoms. The molecule has 1 saturated carbocycles. The smallest absolute Gasteiger partial charge is 0.324 e. The third kappa shape index (κ3) is 3.59. The first-order chi connectivity index (χ1) is 10.1. The van der Waals surface area contributed by atoms with E-state index in [1.807, 2.05) is 0 Å². The van der Waals surface area contributed by atoms with Crippen LogP contribution in [0.15, 0.2) is 0 Å². The number of hydrogen-bond donors (Lipinski definition) is 2. The molecule has 122 valence electrons. The molecule has 0 bridgehead atoms. The van der Waals surface area contributed by atoms with Gasteiger partial charge in [-0.1, -0.05) is 20.3 Å². The molecule has 1 saturated heterocycles. The number of rotatable bonds is 8. The van der Waals surface area contributed by atoms with Crippen LogP contribution in [-0.4, -0.2) is 47.2 Å². The predicted octanol–water partition coefficient (Wildman–Crippen LogP) is 2.87. The van der Waals surface area contributed by atoms with Crippen LogP contribution in [0.3, 0.4) is 0 Å². The SMILES string of the molecule is CCCNC1(C(=O)O)CCCC1CCN1CCCC1CC. The third-order valence-corrected chi connectivity index (χ3v) is 5.63. The Bertz CT molecular complexity index is 348. The van der Waals surface area contributed by atoms with Crippen molar-refractivity contribution in [3.63, 3.8) is 0 Å². The second kappa shape index (κ2) is 7.59. The molecule has 0 spiro atoms. The molecule has 2 rings (SSSR count). The highest BCUT2D eigenvalue weighted by Crippen LogP contribution is 2.39. The maximum atomic E-state index is 11.9. The van der Waals surface area contributed by atoms with Gasteiger partial charge in [0.25, 0.3) is 0 Å². The molecular formula is C17H32N2O2. The van der Waals surface area contributed by atoms with E-state index in [1.165, 1.54) is 25.8 Å². The van der Waals surface area contributed by atoms with Crippen LogP contribution in [0.25, 0.3) is 0 Å². The fraction of sp³-hybridized carbons (Fsp3) is 0.941. The van der Waals surface area contributed by atoms with Gasteiger partial charge in [-0.25, -0.2) is 0 Å². The number of nitrogens with one attached hydrogen (secondary N) is 1. The summed E-state index contributed by atoms with van der Waals surface area (Å²) >= 11 is 0. The molecule has 0 aromatic carbocycles. The molecule has 0 amide bonds. The fourth-order valence-corrected chi connectivity index (χ4v) is 4.38. The van der Waals surface area contributed by atoms with E-state index in [2.05, 4.69) is 24.1 Å². The van der Waals surface area contributed by atoms with Gasteiger partial charge in [0.15, 0.2) is 0 Å². The van der Waals surface area contributed by atoms with Crippen LogP contribution in [-0.2, 0) is 4.79 Å². The Balaban J connectivity index is 1.95. The number of carboxylic acids is 1. The van der Waals surface area contributed by atoms with Crippen molar-refractivity contribution in [2.45, 2.75) is 76.8 Å². The van der Waals surface area contributed by atoms with E-state index < -0.39 is 11.5 Å². The van der Waals surface area contributed by atoms with Gasteiger partial charge < -0.3 is 15.3 Å². The van der Waals surface area contributed by atoms with Crippen LogP contribution >= 0.6 is 0 Å². The highest BCUT2D eigenvalue weighted by Gasteiger charge is 2.48. The summed E-state index contributed by atoms with van der Waals surface area (Å²) in [4.78, 5) is 14.5. The minimum atomic E-state index is -0.655. The Labute approximate surface area is 129 Å². The number of carboxylic acid groups (broad SMARTS) is 1. The molecule has 3 unspecified atom stereocenters. The second-order valence-electron chi connectivity index (χ2n) is 6.82. The van der Waals surface area contributed by atoms with Crippen LogP contribution in [0.5, 0.6) is 0 Å². The lowest BCUT2D eigenvalue weighted by Gasteiger charge is -2.34. The van der Waals surface area contributed by atoms with E-state index in [9.17, 15) is 9.90 Å². The summed E-state index contributed by atoms with van der Waals surface area (Å²) in [7, 11) is 0. The summed E-state index contributed by atoms with van der Waals surface area (Å²) in [5, 5.41) is 13.2. The molecule has 2 aliphatic rings. The Kier molecular flexibility index (Phi) is 6.06. The van der Waals surface area contributed by atoms with E-state index in [1.54, 1.807) is 0 Å². The van der Waals surface area contributed by atoms with Crippen molar-refractivity contribution in [1.29, 1.82) is 0 Å². The molecule has 1 aliphatic carbocycles. The van der Waals surface area contributed by atoms with Crippen LogP contribution in [0.4, 0.5) is 0 Å². The van der Waals surface area contributed by atoms with Crippen molar-refractivity contribution in [1.82, 2.24) is 10.2 Å². The van der Waals surface area contributed by atoms with Crippen molar-refractivity contribution in [3.8, 4) is 0 Å². The molecule has 4 nitrogen and oxygen atoms in total. The van der Waals surface area contributed by atoms with Gasteiger partial charge >= 0.3 is 5.97 Å². The zero-order valence-corrected chi connectivity index (χ0v) is 13.7. The normalized spacial score (nSPS) is 33.6. The largest absolute Gasteiger partial charge is 0.480 e. The lowest BCUT2D eigenvalue weighted by Crippen LogP contribution is -2.55. The number of aliphatic carboxylic acids is 1. The monoisotopic (exact) mass is 296 g/mol. The first kappa shape index (κ1) is 16.8. The summed E-state index contributed by atoms with van der Waals surface area (Å²) in [5.41, 5.74) is -0.655. The van der Waals surface area contributed by atoms with Gasteiger partial charge in [-0.15, -0.1) is 0 Å². The zero-order valence-electron chi connectivity index (χ0n) is 13.7. The molecule has 1 aliphatic heterocycles. The average molecular weight is 296 g/mol. The first-order valence-electron chi connectivity index (χ1n) is 8.86. The maximum Gasteiger partial charge on any atom is 0.324 e. The van der Waals surface area contributed by atoms with E-state index in [0.29, 0.717) is 5.92 Å². The van der Waals surface area contributed by atoms with Crippen molar-refractivity contribution < 1.29 is 9.90 Å². The molecule has 0 aromatic rings. The van der Waals surface area contributed by atoms with Gasteiger partial charge in [0, 0.05) is 6.04 Å². The summed E-state index contributed by atoms with van der Waals surface area (Å²) < 4.78 is 0. The molecular weight excluding hydrogens is 264 g/mol. The molecule has 0 radical (unpaired) electrons. The summed E-state index contributed by atoms with van der Waals surface area (Å²) in [6.07, 6.45) is 8.78. The minimum absolute atomic E-state index is 0.291. The molecule has 1 heterocycles. The Hall–Kier alpha value is -0.610. The predicted molar refractivity (Wildman–Crippen MR) is 85.5 cm³/mol. The number of nitrogens with zero attached hydrogens (tertiary/aromatic N) is 1. The van der Waals surface area contributed by atoms with E-state index in [-0.39, 0.29) is 0 Å². The van der Waals surface area contributed by atoms with Gasteiger partial charge in [0.1, 0.15) is 5.54 Å². The highest BCUT2D eigenvalue weighted by molar-refractivity contribution is 5.79. The second-order valence-corrected chi connectivity index (χ2v) is 6.82. The van der Waals surface area contributed by atoms with Crippen molar-refractivity contribution in [3.05, 3.63) is 0 Å². The molecule has 2 fully saturated rings. The maximum absolute atomic E-state index is 11.9. The van der Waals surface area contributed by atoms with Crippen LogP contribution in [0, 0.1) is 5.92 Å². The van der Waals surface area contributed by atoms with Crippen molar-refractivity contribution >= 4 is 5.97 Å². The molecule has 3 atom stereocenters.